The van der Waals surface area contributed by atoms with E-state index in [1.54, 1.807) is 23.1 Å². The lowest BCUT2D eigenvalue weighted by Gasteiger charge is -2.27. The predicted molar refractivity (Wildman–Crippen MR) is 108 cm³/mol. The van der Waals surface area contributed by atoms with Crippen molar-refractivity contribution in [3.8, 4) is 5.75 Å². The summed E-state index contributed by atoms with van der Waals surface area (Å²) in [6.07, 6.45) is 0.769. The van der Waals surface area contributed by atoms with Crippen LogP contribution in [0.25, 0.3) is 0 Å². The minimum atomic E-state index is -3.75. The Labute approximate surface area is 168 Å². The van der Waals surface area contributed by atoms with Crippen molar-refractivity contribution in [3.05, 3.63) is 34.7 Å². The van der Waals surface area contributed by atoms with Gasteiger partial charge in [0.15, 0.2) is 0 Å². The number of nitrogens with one attached hydrogen (secondary N) is 1. The topological polar surface area (TPSA) is 75.7 Å². The summed E-state index contributed by atoms with van der Waals surface area (Å²) in [4.78, 5) is 14.6. The van der Waals surface area contributed by atoms with Crippen LogP contribution in [0.5, 0.6) is 5.75 Å². The average molecular weight is 429 g/mol. The number of carbonyl (C=O) groups excluding carboxylic acids is 1. The van der Waals surface area contributed by atoms with E-state index in [2.05, 4.69) is 4.72 Å². The molecule has 0 radical (unpaired) electrons. The lowest BCUT2D eigenvalue weighted by atomic mass is 9.93. The van der Waals surface area contributed by atoms with Crippen molar-refractivity contribution in [2.75, 3.05) is 22.8 Å². The minimum Gasteiger partial charge on any atom is -0.490 e. The van der Waals surface area contributed by atoms with Crippen LogP contribution in [0.3, 0.4) is 0 Å². The number of hydrogen-bond donors (Lipinski definition) is 1. The fourth-order valence-electron chi connectivity index (χ4n) is 2.80. The molecule has 0 aliphatic carbocycles. The SMILES string of the molecule is CCCN1C(=O)C(C)(C)COc2ccc(NS(=O)(=O)c3ccc(Cl)s3)cc21. The zero-order valence-corrected chi connectivity index (χ0v) is 17.7. The molecule has 1 N–H and O–H groups in total. The van der Waals surface area contributed by atoms with Gasteiger partial charge < -0.3 is 9.64 Å². The van der Waals surface area contributed by atoms with E-state index in [9.17, 15) is 13.2 Å². The van der Waals surface area contributed by atoms with Crippen LogP contribution in [0.4, 0.5) is 11.4 Å². The van der Waals surface area contributed by atoms with Gasteiger partial charge in [-0.3, -0.25) is 9.52 Å². The Morgan fingerprint density at radius 2 is 2.04 bits per heavy atom. The van der Waals surface area contributed by atoms with Crippen molar-refractivity contribution in [2.45, 2.75) is 31.4 Å². The largest absolute Gasteiger partial charge is 0.490 e. The first-order valence-electron chi connectivity index (χ1n) is 8.51. The Morgan fingerprint density at radius 1 is 1.30 bits per heavy atom. The summed E-state index contributed by atoms with van der Waals surface area (Å²) in [5.74, 6) is 0.512. The van der Waals surface area contributed by atoms with Crippen molar-refractivity contribution in [1.82, 2.24) is 0 Å². The molecule has 0 spiro atoms. The van der Waals surface area contributed by atoms with Gasteiger partial charge in [-0.15, -0.1) is 11.3 Å². The molecular formula is C18H21ClN2O4S2. The van der Waals surface area contributed by atoms with E-state index >= 15 is 0 Å². The molecule has 0 unspecified atom stereocenters. The molecule has 3 rings (SSSR count). The second kappa shape index (κ2) is 7.33. The maximum absolute atomic E-state index is 12.9. The van der Waals surface area contributed by atoms with Gasteiger partial charge in [0.25, 0.3) is 10.0 Å². The average Bonchev–Trinajstić information content (AvgIpc) is 3.02. The molecule has 1 aromatic carbocycles. The fraction of sp³-hybridized carbons (Fsp3) is 0.389. The van der Waals surface area contributed by atoms with Gasteiger partial charge in [0.1, 0.15) is 16.6 Å². The van der Waals surface area contributed by atoms with E-state index in [-0.39, 0.29) is 16.7 Å². The maximum atomic E-state index is 12.9. The summed E-state index contributed by atoms with van der Waals surface area (Å²) < 4.78 is 34.0. The van der Waals surface area contributed by atoms with Gasteiger partial charge in [-0.05, 0) is 50.6 Å². The Balaban J connectivity index is 1.98. The molecular weight excluding hydrogens is 408 g/mol. The van der Waals surface area contributed by atoms with Crippen molar-refractivity contribution < 1.29 is 17.9 Å². The van der Waals surface area contributed by atoms with Crippen molar-refractivity contribution in [2.24, 2.45) is 5.41 Å². The number of carbonyl (C=O) groups is 1. The molecule has 9 heteroatoms. The molecule has 0 fully saturated rings. The number of rotatable bonds is 5. The summed E-state index contributed by atoms with van der Waals surface area (Å²) in [7, 11) is -3.75. The summed E-state index contributed by atoms with van der Waals surface area (Å²) in [6.45, 7) is 6.45. The van der Waals surface area contributed by atoms with Crippen molar-refractivity contribution >= 4 is 50.2 Å². The molecule has 0 saturated carbocycles. The second-order valence-corrected chi connectivity index (χ2v) is 10.6. The van der Waals surface area contributed by atoms with Gasteiger partial charge in [0, 0.05) is 6.54 Å². The highest BCUT2D eigenvalue weighted by molar-refractivity contribution is 7.94. The number of hydrogen-bond acceptors (Lipinski definition) is 5. The van der Waals surface area contributed by atoms with Crippen LogP contribution in [0.1, 0.15) is 27.2 Å². The predicted octanol–water partition coefficient (Wildman–Crippen LogP) is 4.36. The van der Waals surface area contributed by atoms with Crippen LogP contribution >= 0.6 is 22.9 Å². The van der Waals surface area contributed by atoms with Crippen LogP contribution in [0.2, 0.25) is 4.34 Å². The van der Waals surface area contributed by atoms with Gasteiger partial charge in [-0.1, -0.05) is 18.5 Å². The molecule has 27 heavy (non-hydrogen) atoms. The molecule has 1 aromatic heterocycles. The maximum Gasteiger partial charge on any atom is 0.271 e. The Morgan fingerprint density at radius 3 is 2.67 bits per heavy atom. The summed E-state index contributed by atoms with van der Waals surface area (Å²) in [6, 6.07) is 7.94. The van der Waals surface area contributed by atoms with E-state index in [1.807, 2.05) is 20.8 Å². The van der Waals surface area contributed by atoms with Crippen LogP contribution < -0.4 is 14.4 Å². The zero-order chi connectivity index (χ0) is 19.8. The van der Waals surface area contributed by atoms with Gasteiger partial charge in [0.05, 0.1) is 21.1 Å². The van der Waals surface area contributed by atoms with Gasteiger partial charge in [-0.25, -0.2) is 8.42 Å². The molecule has 1 aliphatic heterocycles. The zero-order valence-electron chi connectivity index (χ0n) is 15.3. The lowest BCUT2D eigenvalue weighted by Crippen LogP contribution is -2.42. The molecule has 146 valence electrons. The van der Waals surface area contributed by atoms with Gasteiger partial charge in [-0.2, -0.15) is 0 Å². The molecule has 1 amide bonds. The summed E-state index contributed by atoms with van der Waals surface area (Å²) in [5, 5.41) is 0. The van der Waals surface area contributed by atoms with Crippen LogP contribution in [-0.2, 0) is 14.8 Å². The summed E-state index contributed by atoms with van der Waals surface area (Å²) >= 11 is 6.83. The number of amides is 1. The third-order valence-electron chi connectivity index (χ3n) is 4.18. The Hall–Kier alpha value is -1.77. The first kappa shape index (κ1) is 20.0. The highest BCUT2D eigenvalue weighted by Gasteiger charge is 2.37. The number of halogens is 1. The quantitative estimate of drug-likeness (QED) is 0.767. The van der Waals surface area contributed by atoms with Crippen LogP contribution in [0.15, 0.2) is 34.5 Å². The molecule has 2 heterocycles. The minimum absolute atomic E-state index is 0.0480. The standard InChI is InChI=1S/C18H21ClN2O4S2/c1-4-9-21-13-10-12(20-27(23,24)16-8-7-15(19)26-16)5-6-14(13)25-11-18(2,3)17(21)22/h5-8,10,20H,4,9,11H2,1-3H3. The van der Waals surface area contributed by atoms with E-state index < -0.39 is 15.4 Å². The number of nitrogens with zero attached hydrogens (tertiary/aromatic N) is 1. The third-order valence-corrected chi connectivity index (χ3v) is 7.28. The number of ether oxygens (including phenoxy) is 1. The van der Waals surface area contributed by atoms with Gasteiger partial charge in [0.2, 0.25) is 5.91 Å². The normalized spacial score (nSPS) is 16.4. The number of fused-ring (bicyclic) bond motifs is 1. The first-order chi connectivity index (χ1) is 12.6. The number of thiophene rings is 1. The van der Waals surface area contributed by atoms with Crippen molar-refractivity contribution in [3.63, 3.8) is 0 Å². The Kier molecular flexibility index (Phi) is 5.42. The summed E-state index contributed by atoms with van der Waals surface area (Å²) in [5.41, 5.74) is 0.258. The number of benzene rings is 1. The van der Waals surface area contributed by atoms with E-state index in [4.69, 9.17) is 16.3 Å². The number of anilines is 2. The van der Waals surface area contributed by atoms with Crippen LogP contribution in [-0.4, -0.2) is 27.5 Å². The van der Waals surface area contributed by atoms with E-state index in [0.717, 1.165) is 17.8 Å². The smallest absolute Gasteiger partial charge is 0.271 e. The highest BCUT2D eigenvalue weighted by atomic mass is 35.5. The molecule has 6 nitrogen and oxygen atoms in total. The molecule has 2 aromatic rings. The van der Waals surface area contributed by atoms with E-state index in [0.29, 0.717) is 28.0 Å². The first-order valence-corrected chi connectivity index (χ1v) is 11.2. The van der Waals surface area contributed by atoms with Crippen LogP contribution in [0, 0.1) is 5.41 Å². The monoisotopic (exact) mass is 428 g/mol. The van der Waals surface area contributed by atoms with Crippen molar-refractivity contribution in [1.29, 1.82) is 0 Å². The Bertz CT molecular complexity index is 969. The molecule has 0 atom stereocenters. The lowest BCUT2D eigenvalue weighted by molar-refractivity contribution is -0.127. The van der Waals surface area contributed by atoms with Gasteiger partial charge >= 0.3 is 0 Å². The second-order valence-electron chi connectivity index (χ2n) is 6.98. The molecule has 0 saturated heterocycles. The fourth-order valence-corrected chi connectivity index (χ4v) is 5.33. The number of sulfonamides is 1. The molecule has 0 bridgehead atoms. The highest BCUT2D eigenvalue weighted by Crippen LogP contribution is 2.39. The molecule has 1 aliphatic rings. The third kappa shape index (κ3) is 4.07. The van der Waals surface area contributed by atoms with E-state index in [1.165, 1.54) is 12.1 Å².